The summed E-state index contributed by atoms with van der Waals surface area (Å²) in [5.74, 6) is 1.65. The Hall–Kier alpha value is -0.400. The van der Waals surface area contributed by atoms with Crippen LogP contribution in [0.3, 0.4) is 0 Å². The Kier molecular flexibility index (Phi) is 8.19. The summed E-state index contributed by atoms with van der Waals surface area (Å²) >= 11 is 5.43. The van der Waals surface area contributed by atoms with E-state index in [-0.39, 0.29) is 16.4 Å². The van der Waals surface area contributed by atoms with E-state index < -0.39 is 18.0 Å². The number of thiol groups is 1. The zero-order valence-electron chi connectivity index (χ0n) is 17.6. The maximum atomic E-state index is 11.5. The predicted molar refractivity (Wildman–Crippen MR) is 118 cm³/mol. The van der Waals surface area contributed by atoms with Gasteiger partial charge in [-0.05, 0) is 56.3 Å². The standard InChI is InChI=1S/C11H20O4S2.C10H17N/c1-7(5-16)10(14)15-8(9(12)13)6-17-11(2,3)4;11-10-4-7-1-8(5-10)3-9(2-7)6-10/h7-8,16H,5-6H2,1-4H3,(H,12,13);7-9H,1-6,11H2/t7-,8?;/m0./s1. The molecule has 162 valence electrons. The molecule has 7 heteroatoms. The van der Waals surface area contributed by atoms with Crippen LogP contribution in [0.25, 0.3) is 0 Å². The first-order chi connectivity index (χ1) is 12.9. The smallest absolute Gasteiger partial charge is 0.345 e. The lowest BCUT2D eigenvalue weighted by Gasteiger charge is -2.55. The first kappa shape index (κ1) is 23.9. The Morgan fingerprint density at radius 3 is 1.96 bits per heavy atom. The van der Waals surface area contributed by atoms with Crippen LogP contribution in [-0.2, 0) is 14.3 Å². The van der Waals surface area contributed by atoms with E-state index in [4.69, 9.17) is 15.6 Å². The van der Waals surface area contributed by atoms with Gasteiger partial charge in [-0.3, -0.25) is 4.79 Å². The molecule has 4 rings (SSSR count). The second kappa shape index (κ2) is 9.61. The molecule has 3 N–H and O–H groups in total. The van der Waals surface area contributed by atoms with Crippen molar-refractivity contribution in [1.29, 1.82) is 0 Å². The molecule has 4 bridgehead atoms. The fourth-order valence-electron chi connectivity index (χ4n) is 4.99. The normalized spacial score (nSPS) is 32.9. The molecule has 4 aliphatic rings. The van der Waals surface area contributed by atoms with Crippen molar-refractivity contribution in [3.05, 3.63) is 0 Å². The van der Waals surface area contributed by atoms with Crippen molar-refractivity contribution in [1.82, 2.24) is 0 Å². The Morgan fingerprint density at radius 2 is 1.64 bits per heavy atom. The van der Waals surface area contributed by atoms with E-state index in [1.54, 1.807) is 6.92 Å². The highest BCUT2D eigenvalue weighted by Crippen LogP contribution is 2.54. The van der Waals surface area contributed by atoms with Crippen LogP contribution in [0, 0.1) is 23.7 Å². The number of esters is 1. The summed E-state index contributed by atoms with van der Waals surface area (Å²) in [5.41, 5.74) is 6.62. The van der Waals surface area contributed by atoms with Gasteiger partial charge in [0, 0.05) is 21.8 Å². The number of carbonyl (C=O) groups is 2. The number of carboxylic acids is 1. The number of carbonyl (C=O) groups excluding carboxylic acids is 1. The summed E-state index contributed by atoms with van der Waals surface area (Å²) in [7, 11) is 0. The number of rotatable bonds is 6. The van der Waals surface area contributed by atoms with Gasteiger partial charge in [-0.2, -0.15) is 24.4 Å². The first-order valence-corrected chi connectivity index (χ1v) is 12.0. The average Bonchev–Trinajstić information content (AvgIpc) is 2.54. The second-order valence-corrected chi connectivity index (χ2v) is 12.3. The van der Waals surface area contributed by atoms with E-state index in [2.05, 4.69) is 12.6 Å². The van der Waals surface area contributed by atoms with Crippen molar-refractivity contribution in [2.45, 2.75) is 82.6 Å². The van der Waals surface area contributed by atoms with Crippen LogP contribution < -0.4 is 5.73 Å². The minimum Gasteiger partial charge on any atom is -0.478 e. The van der Waals surface area contributed by atoms with Gasteiger partial charge >= 0.3 is 11.9 Å². The third kappa shape index (κ3) is 7.13. The molecule has 0 aromatic heterocycles. The SMILES string of the molecule is C[C@@H](CS)C(=O)OC(CSC(C)(C)C)C(=O)O.NC12CC3CC(CC(C3)C1)C2. The molecule has 0 radical (unpaired) electrons. The number of thioether (sulfide) groups is 1. The fourth-order valence-corrected chi connectivity index (χ4v) is 6.00. The molecular formula is C21H37NO4S2. The van der Waals surface area contributed by atoms with Crippen molar-refractivity contribution in [3.63, 3.8) is 0 Å². The zero-order valence-corrected chi connectivity index (χ0v) is 19.4. The van der Waals surface area contributed by atoms with Gasteiger partial charge in [-0.15, -0.1) is 0 Å². The lowest BCUT2D eigenvalue weighted by Crippen LogP contribution is -2.55. The molecule has 5 nitrogen and oxygen atoms in total. The highest BCUT2D eigenvalue weighted by molar-refractivity contribution is 8.00. The lowest BCUT2D eigenvalue weighted by atomic mass is 9.53. The fraction of sp³-hybridized carbons (Fsp3) is 0.905. The molecule has 1 unspecified atom stereocenters. The van der Waals surface area contributed by atoms with Crippen molar-refractivity contribution in [2.75, 3.05) is 11.5 Å². The number of ether oxygens (including phenoxy) is 1. The minimum absolute atomic E-state index is 0.0602. The molecule has 4 fully saturated rings. The van der Waals surface area contributed by atoms with Gasteiger partial charge in [0.05, 0.1) is 5.92 Å². The molecule has 4 saturated carbocycles. The molecule has 28 heavy (non-hydrogen) atoms. The maximum Gasteiger partial charge on any atom is 0.345 e. The van der Waals surface area contributed by atoms with E-state index in [0.717, 1.165) is 17.8 Å². The van der Waals surface area contributed by atoms with E-state index in [1.165, 1.54) is 50.3 Å². The van der Waals surface area contributed by atoms with Crippen LogP contribution in [0.4, 0.5) is 0 Å². The van der Waals surface area contributed by atoms with Gasteiger partial charge in [0.25, 0.3) is 0 Å². The van der Waals surface area contributed by atoms with Crippen molar-refractivity contribution >= 4 is 36.3 Å². The van der Waals surface area contributed by atoms with Crippen molar-refractivity contribution in [2.24, 2.45) is 29.4 Å². The van der Waals surface area contributed by atoms with E-state index in [1.807, 2.05) is 20.8 Å². The third-order valence-electron chi connectivity index (χ3n) is 5.96. The maximum absolute atomic E-state index is 11.5. The number of hydrogen-bond acceptors (Lipinski definition) is 6. The summed E-state index contributed by atoms with van der Waals surface area (Å²) in [5, 5.41) is 8.96. The van der Waals surface area contributed by atoms with Gasteiger partial charge in [0.2, 0.25) is 6.10 Å². The average molecular weight is 432 g/mol. The molecule has 2 atom stereocenters. The van der Waals surface area contributed by atoms with Crippen LogP contribution in [-0.4, -0.2) is 44.9 Å². The molecule has 0 aromatic carbocycles. The molecule has 0 spiro atoms. The Balaban J connectivity index is 0.000000215. The number of nitrogens with two attached hydrogens (primary N) is 1. The molecule has 0 aromatic rings. The minimum atomic E-state index is -1.11. The predicted octanol–water partition coefficient (Wildman–Crippen LogP) is 3.99. The summed E-state index contributed by atoms with van der Waals surface area (Å²) in [6, 6.07) is 0. The Bertz CT molecular complexity index is 526. The van der Waals surface area contributed by atoms with Crippen LogP contribution in [0.5, 0.6) is 0 Å². The van der Waals surface area contributed by atoms with Crippen LogP contribution in [0.2, 0.25) is 0 Å². The highest BCUT2D eigenvalue weighted by atomic mass is 32.2. The third-order valence-corrected chi connectivity index (χ3v) is 7.85. The van der Waals surface area contributed by atoms with Gasteiger partial charge in [-0.1, -0.05) is 27.7 Å². The quantitative estimate of drug-likeness (QED) is 0.435. The number of aliphatic carboxylic acids is 1. The number of carboxylic acid groups (broad SMARTS) is 1. The van der Waals surface area contributed by atoms with Crippen LogP contribution in [0.1, 0.15) is 66.2 Å². The van der Waals surface area contributed by atoms with Gasteiger partial charge in [0.1, 0.15) is 0 Å². The Morgan fingerprint density at radius 1 is 1.18 bits per heavy atom. The monoisotopic (exact) mass is 431 g/mol. The molecular weight excluding hydrogens is 394 g/mol. The number of hydrogen-bond donors (Lipinski definition) is 3. The summed E-state index contributed by atoms with van der Waals surface area (Å²) < 4.78 is 4.89. The second-order valence-electron chi connectivity index (χ2n) is 10.1. The van der Waals surface area contributed by atoms with Crippen molar-refractivity contribution in [3.8, 4) is 0 Å². The van der Waals surface area contributed by atoms with Gasteiger partial charge in [0.15, 0.2) is 0 Å². The summed E-state index contributed by atoms with van der Waals surface area (Å²) in [6.45, 7) is 7.60. The van der Waals surface area contributed by atoms with Gasteiger partial charge in [-0.25, -0.2) is 4.79 Å². The molecule has 0 saturated heterocycles. The topological polar surface area (TPSA) is 89.6 Å². The molecule has 0 aliphatic heterocycles. The van der Waals surface area contributed by atoms with Crippen molar-refractivity contribution < 1.29 is 19.4 Å². The molecule has 0 heterocycles. The zero-order chi connectivity index (χ0) is 21.1. The van der Waals surface area contributed by atoms with Crippen LogP contribution >= 0.6 is 24.4 Å². The largest absolute Gasteiger partial charge is 0.478 e. The van der Waals surface area contributed by atoms with E-state index in [0.29, 0.717) is 11.3 Å². The first-order valence-electron chi connectivity index (χ1n) is 10.4. The summed E-state index contributed by atoms with van der Waals surface area (Å²) in [6.07, 6.45) is 7.48. The van der Waals surface area contributed by atoms with E-state index >= 15 is 0 Å². The summed E-state index contributed by atoms with van der Waals surface area (Å²) in [4.78, 5) is 22.4. The molecule has 4 aliphatic carbocycles. The van der Waals surface area contributed by atoms with E-state index in [9.17, 15) is 9.59 Å². The van der Waals surface area contributed by atoms with Crippen LogP contribution in [0.15, 0.2) is 0 Å². The lowest BCUT2D eigenvalue weighted by molar-refractivity contribution is -0.164. The van der Waals surface area contributed by atoms with Gasteiger partial charge < -0.3 is 15.6 Å². The Labute approximate surface area is 179 Å². The molecule has 0 amide bonds. The highest BCUT2D eigenvalue weighted by Gasteiger charge is 2.48.